The molecular formula is C16H22FN3O2S. The number of ether oxygens (including phenoxy) is 1. The van der Waals surface area contributed by atoms with Crippen LogP contribution < -0.4 is 10.1 Å². The molecule has 2 aliphatic rings. The van der Waals surface area contributed by atoms with Gasteiger partial charge in [0.05, 0.1) is 13.2 Å². The van der Waals surface area contributed by atoms with Crippen molar-refractivity contribution in [2.75, 3.05) is 44.9 Å². The Morgan fingerprint density at radius 3 is 2.78 bits per heavy atom. The second-order valence-corrected chi connectivity index (χ2v) is 6.87. The molecule has 2 fully saturated rings. The Morgan fingerprint density at radius 1 is 1.39 bits per heavy atom. The third-order valence-electron chi connectivity index (χ3n) is 4.32. The average Bonchev–Trinajstić information content (AvgIpc) is 3.09. The molecule has 1 N–H and O–H groups in total. The maximum absolute atomic E-state index is 13.7. The van der Waals surface area contributed by atoms with Gasteiger partial charge in [-0.15, -0.1) is 11.8 Å². The molecule has 1 amide bonds. The molecule has 3 rings (SSSR count). The molecule has 2 aliphatic heterocycles. The van der Waals surface area contributed by atoms with Gasteiger partial charge in [0.2, 0.25) is 5.91 Å². The van der Waals surface area contributed by atoms with Crippen LogP contribution in [0.25, 0.3) is 0 Å². The van der Waals surface area contributed by atoms with Gasteiger partial charge in [-0.1, -0.05) is 6.07 Å². The highest BCUT2D eigenvalue weighted by molar-refractivity contribution is 7.99. The normalized spacial score (nSPS) is 22.3. The van der Waals surface area contributed by atoms with Gasteiger partial charge in [-0.05, 0) is 17.7 Å². The van der Waals surface area contributed by atoms with E-state index in [4.69, 9.17) is 4.74 Å². The lowest BCUT2D eigenvalue weighted by Gasteiger charge is -2.35. The highest BCUT2D eigenvalue weighted by Gasteiger charge is 2.29. The molecule has 0 aliphatic carbocycles. The summed E-state index contributed by atoms with van der Waals surface area (Å²) in [6.07, 6.45) is 0. The zero-order valence-corrected chi connectivity index (χ0v) is 14.1. The van der Waals surface area contributed by atoms with E-state index in [1.807, 2.05) is 11.0 Å². The molecule has 2 heterocycles. The Hall–Kier alpha value is -1.31. The fraction of sp³-hybridized carbons (Fsp3) is 0.562. The third-order valence-corrected chi connectivity index (χ3v) is 5.26. The molecule has 5 nitrogen and oxygen atoms in total. The van der Waals surface area contributed by atoms with Gasteiger partial charge in [-0.3, -0.25) is 15.0 Å². The summed E-state index contributed by atoms with van der Waals surface area (Å²) in [6, 6.07) is 5.05. The van der Waals surface area contributed by atoms with Crippen molar-refractivity contribution in [1.29, 1.82) is 0 Å². The number of rotatable bonds is 4. The van der Waals surface area contributed by atoms with Crippen LogP contribution in [0.2, 0.25) is 0 Å². The van der Waals surface area contributed by atoms with Gasteiger partial charge in [0.1, 0.15) is 0 Å². The molecule has 0 aromatic heterocycles. The topological polar surface area (TPSA) is 44.8 Å². The lowest BCUT2D eigenvalue weighted by atomic mass is 10.1. The van der Waals surface area contributed by atoms with Crippen molar-refractivity contribution in [3.63, 3.8) is 0 Å². The Morgan fingerprint density at radius 2 is 2.17 bits per heavy atom. The highest BCUT2D eigenvalue weighted by atomic mass is 32.2. The molecule has 0 unspecified atom stereocenters. The van der Waals surface area contributed by atoms with Crippen molar-refractivity contribution in [2.45, 2.75) is 12.6 Å². The number of carbonyl (C=O) groups is 1. The van der Waals surface area contributed by atoms with Crippen molar-refractivity contribution in [3.8, 4) is 5.75 Å². The minimum atomic E-state index is -0.330. The number of nitrogens with zero attached hydrogens (tertiary/aromatic N) is 2. The quantitative estimate of drug-likeness (QED) is 0.891. The van der Waals surface area contributed by atoms with Crippen LogP contribution in [0.15, 0.2) is 18.2 Å². The summed E-state index contributed by atoms with van der Waals surface area (Å²) in [6.45, 7) is 3.81. The monoisotopic (exact) mass is 339 g/mol. The van der Waals surface area contributed by atoms with Crippen molar-refractivity contribution in [3.05, 3.63) is 29.6 Å². The fourth-order valence-corrected chi connectivity index (χ4v) is 3.90. The number of nitrogens with one attached hydrogen (secondary N) is 1. The van der Waals surface area contributed by atoms with Crippen LogP contribution >= 0.6 is 11.8 Å². The first-order valence-electron chi connectivity index (χ1n) is 7.82. The molecule has 0 bridgehead atoms. The summed E-state index contributed by atoms with van der Waals surface area (Å²) in [5, 5.41) is 3.23. The van der Waals surface area contributed by atoms with E-state index in [-0.39, 0.29) is 23.5 Å². The molecule has 126 valence electrons. The lowest BCUT2D eigenvalue weighted by Crippen LogP contribution is -2.53. The number of methoxy groups -OCH3 is 1. The number of amides is 1. The second kappa shape index (κ2) is 7.51. The first-order valence-corrected chi connectivity index (χ1v) is 8.97. The van der Waals surface area contributed by atoms with Crippen molar-refractivity contribution < 1.29 is 13.9 Å². The van der Waals surface area contributed by atoms with Gasteiger partial charge >= 0.3 is 0 Å². The summed E-state index contributed by atoms with van der Waals surface area (Å²) in [5.41, 5.74) is 0.928. The zero-order chi connectivity index (χ0) is 16.2. The first kappa shape index (κ1) is 16.5. The number of thioether (sulfide) groups is 1. The lowest BCUT2D eigenvalue weighted by molar-refractivity contribution is -0.134. The van der Waals surface area contributed by atoms with Crippen molar-refractivity contribution in [2.24, 2.45) is 0 Å². The van der Waals surface area contributed by atoms with Crippen molar-refractivity contribution >= 4 is 17.7 Å². The molecule has 7 heteroatoms. The smallest absolute Gasteiger partial charge is 0.240 e. The first-order chi connectivity index (χ1) is 11.2. The van der Waals surface area contributed by atoms with E-state index in [0.717, 1.165) is 43.4 Å². The van der Waals surface area contributed by atoms with E-state index < -0.39 is 0 Å². The predicted molar refractivity (Wildman–Crippen MR) is 89.1 cm³/mol. The van der Waals surface area contributed by atoms with Crippen LogP contribution in [0.5, 0.6) is 5.75 Å². The minimum Gasteiger partial charge on any atom is -0.494 e. The summed E-state index contributed by atoms with van der Waals surface area (Å²) in [5.74, 6) is 1.88. The number of hydrogen-bond donors (Lipinski definition) is 1. The van der Waals surface area contributed by atoms with E-state index >= 15 is 0 Å². The molecule has 1 atom stereocenters. The van der Waals surface area contributed by atoms with Gasteiger partial charge in [0, 0.05) is 44.4 Å². The molecule has 1 aromatic rings. The molecule has 2 saturated heterocycles. The van der Waals surface area contributed by atoms with Crippen LogP contribution in [0.3, 0.4) is 0 Å². The molecular weight excluding hydrogens is 317 g/mol. The standard InChI is InChI=1S/C16H22FN3O2S/c1-22-15-3-2-12(8-13(15)17)9-19-4-6-20(7-5-19)16(21)14-10-23-11-18-14/h2-3,8,14,18H,4-7,9-11H2,1H3/t14-/m1/s1. The second-order valence-electron chi connectivity index (χ2n) is 5.84. The van der Waals surface area contributed by atoms with Crippen LogP contribution in [0.4, 0.5) is 4.39 Å². The van der Waals surface area contributed by atoms with Gasteiger partial charge in [-0.2, -0.15) is 0 Å². The maximum atomic E-state index is 13.7. The van der Waals surface area contributed by atoms with Crippen LogP contribution in [-0.4, -0.2) is 66.7 Å². The van der Waals surface area contributed by atoms with E-state index in [9.17, 15) is 9.18 Å². The predicted octanol–water partition coefficient (Wildman–Crippen LogP) is 1.14. The number of hydrogen-bond acceptors (Lipinski definition) is 5. The van der Waals surface area contributed by atoms with Gasteiger partial charge in [0.25, 0.3) is 0 Å². The zero-order valence-electron chi connectivity index (χ0n) is 13.3. The number of carbonyl (C=O) groups excluding carboxylic acids is 1. The summed E-state index contributed by atoms with van der Waals surface area (Å²) >= 11 is 1.77. The SMILES string of the molecule is COc1ccc(CN2CCN(C(=O)[C@H]3CSCN3)CC2)cc1F. The van der Waals surface area contributed by atoms with Gasteiger partial charge < -0.3 is 9.64 Å². The van der Waals surface area contributed by atoms with Crippen LogP contribution in [-0.2, 0) is 11.3 Å². The molecule has 23 heavy (non-hydrogen) atoms. The molecule has 0 saturated carbocycles. The number of halogens is 1. The minimum absolute atomic E-state index is 0.0257. The van der Waals surface area contributed by atoms with Gasteiger partial charge in [-0.25, -0.2) is 4.39 Å². The summed E-state index contributed by atoms with van der Waals surface area (Å²) in [7, 11) is 1.46. The Balaban J connectivity index is 1.51. The molecule has 1 aromatic carbocycles. The number of piperazine rings is 1. The maximum Gasteiger partial charge on any atom is 0.240 e. The van der Waals surface area contributed by atoms with E-state index in [1.54, 1.807) is 17.8 Å². The van der Waals surface area contributed by atoms with E-state index in [1.165, 1.54) is 13.2 Å². The van der Waals surface area contributed by atoms with Crippen molar-refractivity contribution in [1.82, 2.24) is 15.1 Å². The Bertz CT molecular complexity index is 558. The average molecular weight is 339 g/mol. The fourth-order valence-electron chi connectivity index (χ4n) is 2.97. The highest BCUT2D eigenvalue weighted by Crippen LogP contribution is 2.19. The van der Waals surface area contributed by atoms with E-state index in [0.29, 0.717) is 6.54 Å². The van der Waals surface area contributed by atoms with Gasteiger partial charge in [0.15, 0.2) is 11.6 Å². The number of benzene rings is 1. The Labute approximate surface area is 140 Å². The summed E-state index contributed by atoms with van der Waals surface area (Å²) < 4.78 is 18.7. The largest absolute Gasteiger partial charge is 0.494 e. The molecule has 0 radical (unpaired) electrons. The van der Waals surface area contributed by atoms with Crippen LogP contribution in [0, 0.1) is 5.82 Å². The Kier molecular flexibility index (Phi) is 5.40. The molecule has 0 spiro atoms. The van der Waals surface area contributed by atoms with E-state index in [2.05, 4.69) is 10.2 Å². The van der Waals surface area contributed by atoms with Crippen LogP contribution in [0.1, 0.15) is 5.56 Å². The summed E-state index contributed by atoms with van der Waals surface area (Å²) in [4.78, 5) is 16.5. The third kappa shape index (κ3) is 3.97.